The Morgan fingerprint density at radius 2 is 2.05 bits per heavy atom. The second kappa shape index (κ2) is 6.08. The number of aliphatic carboxylic acids is 1. The van der Waals surface area contributed by atoms with E-state index in [1.54, 1.807) is 39.1 Å². The molecule has 6 nitrogen and oxygen atoms in total. The van der Waals surface area contributed by atoms with Gasteiger partial charge >= 0.3 is 12.1 Å². The van der Waals surface area contributed by atoms with Crippen LogP contribution in [0.25, 0.3) is 5.57 Å². The van der Waals surface area contributed by atoms with Gasteiger partial charge in [-0.3, -0.25) is 4.90 Å². The van der Waals surface area contributed by atoms with Gasteiger partial charge in [-0.1, -0.05) is 6.07 Å². The minimum Gasteiger partial charge on any atom is -0.478 e. The van der Waals surface area contributed by atoms with Crippen molar-refractivity contribution in [2.45, 2.75) is 26.4 Å². The van der Waals surface area contributed by atoms with Crippen molar-refractivity contribution < 1.29 is 19.4 Å². The van der Waals surface area contributed by atoms with Gasteiger partial charge in [-0.05, 0) is 48.3 Å². The van der Waals surface area contributed by atoms with Crippen LogP contribution in [-0.4, -0.2) is 45.7 Å². The lowest BCUT2D eigenvalue weighted by Crippen LogP contribution is -2.36. The van der Waals surface area contributed by atoms with E-state index in [1.807, 2.05) is 0 Å². The lowest BCUT2D eigenvalue weighted by Gasteiger charge is -2.24. The highest BCUT2D eigenvalue weighted by Crippen LogP contribution is 2.31. The molecule has 1 amide bonds. The molecule has 0 aromatic carbocycles. The second-order valence-corrected chi connectivity index (χ2v) is 6.69. The summed E-state index contributed by atoms with van der Waals surface area (Å²) < 4.78 is 5.85. The molecular formula is C15H17BrN2O4. The van der Waals surface area contributed by atoms with Crippen LogP contribution in [-0.2, 0) is 9.53 Å². The Balaban J connectivity index is 2.29. The molecule has 0 aliphatic carbocycles. The molecule has 2 rings (SSSR count). The van der Waals surface area contributed by atoms with Gasteiger partial charge in [0.25, 0.3) is 0 Å². The van der Waals surface area contributed by atoms with E-state index in [2.05, 4.69) is 20.9 Å². The van der Waals surface area contributed by atoms with Crippen LogP contribution in [0, 0.1) is 0 Å². The van der Waals surface area contributed by atoms with E-state index in [0.717, 1.165) is 0 Å². The summed E-state index contributed by atoms with van der Waals surface area (Å²) in [5.41, 5.74) is 0.793. The highest BCUT2D eigenvalue weighted by Gasteiger charge is 2.33. The van der Waals surface area contributed by atoms with E-state index in [0.29, 0.717) is 15.7 Å². The fourth-order valence-corrected chi connectivity index (χ4v) is 2.63. The average Bonchev–Trinajstić information content (AvgIpc) is 2.82. The van der Waals surface area contributed by atoms with Crippen molar-refractivity contribution in [1.82, 2.24) is 9.88 Å². The predicted octanol–water partition coefficient (Wildman–Crippen LogP) is 2.93. The molecule has 0 fully saturated rings. The third-order valence-corrected chi connectivity index (χ3v) is 3.69. The zero-order valence-corrected chi connectivity index (χ0v) is 14.2. The monoisotopic (exact) mass is 368 g/mol. The van der Waals surface area contributed by atoms with Crippen LogP contribution >= 0.6 is 15.9 Å². The quantitative estimate of drug-likeness (QED) is 0.811. The van der Waals surface area contributed by atoms with Gasteiger partial charge in [0.1, 0.15) is 10.2 Å². The van der Waals surface area contributed by atoms with Gasteiger partial charge in [0, 0.05) is 11.8 Å². The molecule has 1 aromatic rings. The Kier molecular flexibility index (Phi) is 4.55. The number of ether oxygens (including phenoxy) is 1. The number of nitrogens with zero attached hydrogens (tertiary/aromatic N) is 2. The number of rotatable bonds is 2. The number of carboxylic acids is 1. The van der Waals surface area contributed by atoms with Gasteiger partial charge in [0.15, 0.2) is 0 Å². The van der Waals surface area contributed by atoms with Crippen LogP contribution in [0.5, 0.6) is 0 Å². The summed E-state index contributed by atoms with van der Waals surface area (Å²) in [6.45, 7) is 5.50. The Hall–Kier alpha value is -1.89. The molecule has 0 spiro atoms. The van der Waals surface area contributed by atoms with Crippen molar-refractivity contribution in [1.29, 1.82) is 0 Å². The number of amides is 1. The Morgan fingerprint density at radius 1 is 1.36 bits per heavy atom. The molecule has 0 saturated heterocycles. The number of carboxylic acid groups (broad SMARTS) is 1. The highest BCUT2D eigenvalue weighted by atomic mass is 79.9. The van der Waals surface area contributed by atoms with E-state index < -0.39 is 17.7 Å². The maximum absolute atomic E-state index is 12.1. The van der Waals surface area contributed by atoms with E-state index in [1.165, 1.54) is 4.90 Å². The summed E-state index contributed by atoms with van der Waals surface area (Å²) in [6, 6.07) is 3.50. The molecule has 7 heteroatoms. The molecule has 0 saturated carbocycles. The number of halogens is 1. The number of hydrogen-bond donors (Lipinski definition) is 1. The molecule has 1 N–H and O–H groups in total. The molecule has 1 aromatic heterocycles. The average molecular weight is 369 g/mol. The first-order chi connectivity index (χ1) is 10.2. The minimum absolute atomic E-state index is 0.0148. The van der Waals surface area contributed by atoms with Gasteiger partial charge in [0.2, 0.25) is 0 Å². The summed E-state index contributed by atoms with van der Waals surface area (Å²) >= 11 is 3.32. The zero-order chi connectivity index (χ0) is 16.5. The largest absolute Gasteiger partial charge is 0.478 e. The molecule has 0 radical (unpaired) electrons. The van der Waals surface area contributed by atoms with Crippen molar-refractivity contribution in [3.05, 3.63) is 34.1 Å². The topological polar surface area (TPSA) is 79.7 Å². The molecule has 2 heterocycles. The third kappa shape index (κ3) is 3.65. The van der Waals surface area contributed by atoms with Crippen molar-refractivity contribution >= 4 is 33.6 Å². The lowest BCUT2D eigenvalue weighted by atomic mass is 10.0. The van der Waals surface area contributed by atoms with Crippen molar-refractivity contribution in [3.8, 4) is 0 Å². The standard InChI is InChI=1S/C15H17BrN2O4/c1-15(2,3)22-14(21)18-7-10(11(8-18)13(19)20)9-5-4-6-17-12(9)16/h4-6H,7-8H2,1-3H3,(H,19,20). The van der Waals surface area contributed by atoms with Crippen LogP contribution in [0.1, 0.15) is 26.3 Å². The first-order valence-electron chi connectivity index (χ1n) is 6.73. The van der Waals surface area contributed by atoms with Crippen molar-refractivity contribution in [2.75, 3.05) is 13.1 Å². The number of carbonyl (C=O) groups is 2. The molecule has 118 valence electrons. The smallest absolute Gasteiger partial charge is 0.410 e. The summed E-state index contributed by atoms with van der Waals surface area (Å²) in [5, 5.41) is 9.40. The number of pyridine rings is 1. The molecule has 0 unspecified atom stereocenters. The number of hydrogen-bond acceptors (Lipinski definition) is 4. The van der Waals surface area contributed by atoms with E-state index >= 15 is 0 Å². The Labute approximate surface area is 136 Å². The van der Waals surface area contributed by atoms with Gasteiger partial charge in [-0.2, -0.15) is 0 Å². The molecule has 22 heavy (non-hydrogen) atoms. The van der Waals surface area contributed by atoms with Gasteiger partial charge in [-0.25, -0.2) is 14.6 Å². The van der Waals surface area contributed by atoms with Crippen molar-refractivity contribution in [3.63, 3.8) is 0 Å². The molecule has 1 aliphatic heterocycles. The van der Waals surface area contributed by atoms with Crippen LogP contribution < -0.4 is 0 Å². The molecule has 0 bridgehead atoms. The maximum atomic E-state index is 12.1. The predicted molar refractivity (Wildman–Crippen MR) is 84.3 cm³/mol. The highest BCUT2D eigenvalue weighted by molar-refractivity contribution is 9.10. The maximum Gasteiger partial charge on any atom is 0.410 e. The third-order valence-electron chi connectivity index (χ3n) is 3.06. The lowest BCUT2D eigenvalue weighted by molar-refractivity contribution is -0.132. The Morgan fingerprint density at radius 3 is 2.59 bits per heavy atom. The first-order valence-corrected chi connectivity index (χ1v) is 7.52. The first kappa shape index (κ1) is 16.5. The number of aromatic nitrogens is 1. The molecule has 1 aliphatic rings. The molecule has 0 atom stereocenters. The van der Waals surface area contributed by atoms with Gasteiger partial charge < -0.3 is 9.84 Å². The summed E-state index contributed by atoms with van der Waals surface area (Å²) in [7, 11) is 0. The number of carbonyl (C=O) groups excluding carboxylic acids is 1. The minimum atomic E-state index is -1.04. The van der Waals surface area contributed by atoms with Gasteiger partial charge in [0.05, 0.1) is 18.7 Å². The van der Waals surface area contributed by atoms with Crippen molar-refractivity contribution in [2.24, 2.45) is 0 Å². The van der Waals surface area contributed by atoms with E-state index in [9.17, 15) is 14.7 Å². The second-order valence-electron chi connectivity index (χ2n) is 5.94. The normalized spacial score (nSPS) is 15.2. The summed E-state index contributed by atoms with van der Waals surface area (Å²) in [4.78, 5) is 29.1. The van der Waals surface area contributed by atoms with Crippen LogP contribution in [0.15, 0.2) is 28.5 Å². The Bertz CT molecular complexity index is 649. The fourth-order valence-electron chi connectivity index (χ4n) is 2.14. The van der Waals surface area contributed by atoms with Crippen LogP contribution in [0.2, 0.25) is 0 Å². The zero-order valence-electron chi connectivity index (χ0n) is 12.6. The van der Waals surface area contributed by atoms with E-state index in [4.69, 9.17) is 4.74 Å². The van der Waals surface area contributed by atoms with Crippen LogP contribution in [0.4, 0.5) is 4.79 Å². The van der Waals surface area contributed by atoms with Gasteiger partial charge in [-0.15, -0.1) is 0 Å². The SMILES string of the molecule is CC(C)(C)OC(=O)N1CC(C(=O)O)=C(c2cccnc2Br)C1. The summed E-state index contributed by atoms with van der Waals surface area (Å²) in [5.74, 6) is -1.04. The van der Waals surface area contributed by atoms with Crippen LogP contribution in [0.3, 0.4) is 0 Å². The fraction of sp³-hybridized carbons (Fsp3) is 0.400. The molecular weight excluding hydrogens is 352 g/mol. The van der Waals surface area contributed by atoms with E-state index in [-0.39, 0.29) is 18.7 Å². The summed E-state index contributed by atoms with van der Waals surface area (Å²) in [6.07, 6.45) is 1.08.